The highest BCUT2D eigenvalue weighted by Crippen LogP contribution is 2.25. The van der Waals surface area contributed by atoms with E-state index in [4.69, 9.17) is 4.74 Å². The molecule has 0 aromatic heterocycles. The van der Waals surface area contributed by atoms with Crippen molar-refractivity contribution in [3.05, 3.63) is 34.3 Å². The van der Waals surface area contributed by atoms with E-state index in [9.17, 15) is 4.79 Å². The van der Waals surface area contributed by atoms with Crippen LogP contribution in [0.4, 0.5) is 4.79 Å². The molecule has 1 unspecified atom stereocenters. The van der Waals surface area contributed by atoms with Gasteiger partial charge in [-0.1, -0.05) is 60.7 Å². The van der Waals surface area contributed by atoms with Gasteiger partial charge >= 0.3 is 6.09 Å². The Morgan fingerprint density at radius 2 is 1.71 bits per heavy atom. The topological polar surface area (TPSA) is 29.5 Å². The fourth-order valence-corrected chi connectivity index (χ4v) is 2.83. The van der Waals surface area contributed by atoms with Crippen molar-refractivity contribution in [1.82, 2.24) is 4.90 Å². The lowest BCUT2D eigenvalue weighted by Gasteiger charge is -2.32. The van der Waals surface area contributed by atoms with Crippen LogP contribution in [0.25, 0.3) is 0 Å². The Labute approximate surface area is 155 Å². The van der Waals surface area contributed by atoms with Crippen molar-refractivity contribution >= 4 is 22.0 Å². The molecule has 0 spiro atoms. The maximum absolute atomic E-state index is 12.7. The summed E-state index contributed by atoms with van der Waals surface area (Å²) in [6, 6.07) is 8.15. The van der Waals surface area contributed by atoms with E-state index in [0.29, 0.717) is 0 Å². The molecule has 0 aliphatic carbocycles. The molecule has 0 aliphatic heterocycles. The number of hydrogen-bond acceptors (Lipinski definition) is 2. The predicted molar refractivity (Wildman–Crippen MR) is 104 cm³/mol. The third kappa shape index (κ3) is 7.69. The molecule has 0 N–H and O–H groups in total. The molecular formula is C20H32BrNO2. The maximum atomic E-state index is 12.7. The number of ether oxygens (including phenoxy) is 1. The molecule has 4 heteroatoms. The zero-order chi connectivity index (χ0) is 18.2. The SMILES string of the molecule is CCCCCCCN(C(=O)OC(C)(C)C)C(C)c1ccc(Br)cc1. The van der Waals surface area contributed by atoms with Crippen LogP contribution in [0.1, 0.15) is 78.3 Å². The standard InChI is InChI=1S/C20H32BrNO2/c1-6-7-8-9-10-15-22(19(23)24-20(3,4)5)16(2)17-11-13-18(21)14-12-17/h11-14,16H,6-10,15H2,1-5H3. The number of hydrogen-bond donors (Lipinski definition) is 0. The molecule has 136 valence electrons. The molecule has 0 heterocycles. The molecule has 1 atom stereocenters. The molecule has 1 rings (SSSR count). The van der Waals surface area contributed by atoms with Crippen molar-refractivity contribution in [3.8, 4) is 0 Å². The summed E-state index contributed by atoms with van der Waals surface area (Å²) >= 11 is 3.46. The van der Waals surface area contributed by atoms with Crippen LogP contribution in [-0.4, -0.2) is 23.1 Å². The zero-order valence-electron chi connectivity index (χ0n) is 15.8. The molecule has 24 heavy (non-hydrogen) atoms. The van der Waals surface area contributed by atoms with E-state index in [0.717, 1.165) is 29.4 Å². The second kappa shape index (κ2) is 10.1. The molecule has 0 saturated carbocycles. The highest BCUT2D eigenvalue weighted by atomic mass is 79.9. The van der Waals surface area contributed by atoms with Gasteiger partial charge < -0.3 is 9.64 Å². The van der Waals surface area contributed by atoms with Crippen LogP contribution in [0, 0.1) is 0 Å². The van der Waals surface area contributed by atoms with Crippen LogP contribution in [0.2, 0.25) is 0 Å². The average Bonchev–Trinajstić information content (AvgIpc) is 2.49. The predicted octanol–water partition coefficient (Wildman–Crippen LogP) is 6.72. The van der Waals surface area contributed by atoms with Crippen molar-refractivity contribution in [1.29, 1.82) is 0 Å². The maximum Gasteiger partial charge on any atom is 0.410 e. The summed E-state index contributed by atoms with van der Waals surface area (Å²) in [7, 11) is 0. The van der Waals surface area contributed by atoms with Gasteiger partial charge in [0.25, 0.3) is 0 Å². The number of benzene rings is 1. The minimum Gasteiger partial charge on any atom is -0.444 e. The first-order valence-electron chi connectivity index (χ1n) is 8.99. The Bertz CT molecular complexity index is 493. The van der Waals surface area contributed by atoms with Crippen molar-refractivity contribution in [2.75, 3.05) is 6.54 Å². The Morgan fingerprint density at radius 1 is 1.12 bits per heavy atom. The van der Waals surface area contributed by atoms with Gasteiger partial charge in [-0.25, -0.2) is 4.79 Å². The van der Waals surface area contributed by atoms with Gasteiger partial charge in [0.05, 0.1) is 6.04 Å². The summed E-state index contributed by atoms with van der Waals surface area (Å²) < 4.78 is 6.67. The van der Waals surface area contributed by atoms with E-state index in [1.807, 2.05) is 37.8 Å². The lowest BCUT2D eigenvalue weighted by atomic mass is 10.1. The van der Waals surface area contributed by atoms with E-state index in [2.05, 4.69) is 41.9 Å². The van der Waals surface area contributed by atoms with Gasteiger partial charge in [0.2, 0.25) is 0 Å². The highest BCUT2D eigenvalue weighted by Gasteiger charge is 2.26. The van der Waals surface area contributed by atoms with Crippen molar-refractivity contribution in [2.45, 2.75) is 78.4 Å². The number of rotatable bonds is 8. The first-order valence-corrected chi connectivity index (χ1v) is 9.79. The highest BCUT2D eigenvalue weighted by molar-refractivity contribution is 9.10. The van der Waals surface area contributed by atoms with Crippen molar-refractivity contribution < 1.29 is 9.53 Å². The Kier molecular flexibility index (Phi) is 8.82. The Hall–Kier alpha value is -1.03. The zero-order valence-corrected chi connectivity index (χ0v) is 17.4. The fraction of sp³-hybridized carbons (Fsp3) is 0.650. The Morgan fingerprint density at radius 3 is 2.25 bits per heavy atom. The largest absolute Gasteiger partial charge is 0.444 e. The number of carbonyl (C=O) groups is 1. The van der Waals surface area contributed by atoms with Gasteiger partial charge in [-0.3, -0.25) is 0 Å². The smallest absolute Gasteiger partial charge is 0.410 e. The number of amides is 1. The van der Waals surface area contributed by atoms with E-state index in [-0.39, 0.29) is 12.1 Å². The molecule has 1 amide bonds. The molecule has 0 radical (unpaired) electrons. The van der Waals surface area contributed by atoms with Gasteiger partial charge in [0, 0.05) is 11.0 Å². The quantitative estimate of drug-likeness (QED) is 0.455. The van der Waals surface area contributed by atoms with Crippen LogP contribution in [0.3, 0.4) is 0 Å². The summed E-state index contributed by atoms with van der Waals surface area (Å²) in [5.41, 5.74) is 0.648. The summed E-state index contributed by atoms with van der Waals surface area (Å²) in [4.78, 5) is 14.5. The number of carbonyl (C=O) groups excluding carboxylic acids is 1. The molecule has 0 bridgehead atoms. The molecular weight excluding hydrogens is 366 g/mol. The van der Waals surface area contributed by atoms with Gasteiger partial charge in [0.15, 0.2) is 0 Å². The molecule has 3 nitrogen and oxygen atoms in total. The van der Waals surface area contributed by atoms with E-state index >= 15 is 0 Å². The molecule has 0 fully saturated rings. The van der Waals surface area contributed by atoms with Gasteiger partial charge in [-0.2, -0.15) is 0 Å². The second-order valence-corrected chi connectivity index (χ2v) is 8.23. The third-order valence-corrected chi connectivity index (χ3v) is 4.48. The minimum atomic E-state index is -0.475. The van der Waals surface area contributed by atoms with E-state index in [1.54, 1.807) is 0 Å². The van der Waals surface area contributed by atoms with Gasteiger partial charge in [-0.05, 0) is 51.8 Å². The van der Waals surface area contributed by atoms with Crippen LogP contribution >= 0.6 is 15.9 Å². The molecule has 0 saturated heterocycles. The minimum absolute atomic E-state index is 0.000810. The average molecular weight is 398 g/mol. The monoisotopic (exact) mass is 397 g/mol. The van der Waals surface area contributed by atoms with E-state index in [1.165, 1.54) is 19.3 Å². The van der Waals surface area contributed by atoms with Crippen LogP contribution < -0.4 is 0 Å². The normalized spacial score (nSPS) is 12.8. The van der Waals surface area contributed by atoms with Gasteiger partial charge in [0.1, 0.15) is 5.60 Å². The lowest BCUT2D eigenvalue weighted by Crippen LogP contribution is -2.39. The fourth-order valence-electron chi connectivity index (χ4n) is 2.57. The molecule has 0 aliphatic rings. The third-order valence-electron chi connectivity index (χ3n) is 3.95. The molecule has 1 aromatic rings. The summed E-state index contributed by atoms with van der Waals surface area (Å²) in [6.45, 7) is 10.7. The summed E-state index contributed by atoms with van der Waals surface area (Å²) in [5.74, 6) is 0. The van der Waals surface area contributed by atoms with Crippen LogP contribution in [0.5, 0.6) is 0 Å². The van der Waals surface area contributed by atoms with Crippen LogP contribution in [0.15, 0.2) is 28.7 Å². The van der Waals surface area contributed by atoms with Crippen LogP contribution in [-0.2, 0) is 4.74 Å². The first kappa shape index (κ1) is 21.0. The lowest BCUT2D eigenvalue weighted by molar-refractivity contribution is 0.0169. The second-order valence-electron chi connectivity index (χ2n) is 7.32. The number of halogens is 1. The van der Waals surface area contributed by atoms with E-state index < -0.39 is 5.60 Å². The summed E-state index contributed by atoms with van der Waals surface area (Å²) in [6.07, 6.45) is 5.65. The van der Waals surface area contributed by atoms with Gasteiger partial charge in [-0.15, -0.1) is 0 Å². The van der Waals surface area contributed by atoms with Crippen molar-refractivity contribution in [2.24, 2.45) is 0 Å². The number of nitrogens with zero attached hydrogens (tertiary/aromatic N) is 1. The molecule has 1 aromatic carbocycles. The number of unbranched alkanes of at least 4 members (excludes halogenated alkanes) is 4. The first-order chi connectivity index (χ1) is 11.2. The Balaban J connectivity index is 2.78. The van der Waals surface area contributed by atoms with Crippen molar-refractivity contribution in [3.63, 3.8) is 0 Å². The summed E-state index contributed by atoms with van der Waals surface area (Å²) in [5, 5.41) is 0.